The molecule has 0 unspecified atom stereocenters. The third-order valence-electron chi connectivity index (χ3n) is 3.83. The van der Waals surface area contributed by atoms with Crippen LogP contribution >= 0.6 is 0 Å². The van der Waals surface area contributed by atoms with Gasteiger partial charge in [-0.05, 0) is 36.1 Å². The van der Waals surface area contributed by atoms with Crippen LogP contribution in [0, 0.1) is 0 Å². The zero-order valence-corrected chi connectivity index (χ0v) is 11.8. The Labute approximate surface area is 122 Å². The Balaban J connectivity index is 2.33. The van der Waals surface area contributed by atoms with E-state index < -0.39 is 0 Å². The third-order valence-corrected chi connectivity index (χ3v) is 3.83. The first-order valence-corrected chi connectivity index (χ1v) is 6.58. The first-order valence-electron chi connectivity index (χ1n) is 6.58. The molecule has 5 heteroatoms. The molecule has 0 heterocycles. The van der Waals surface area contributed by atoms with Crippen molar-refractivity contribution in [1.29, 1.82) is 0 Å². The first kappa shape index (κ1) is 13.4. The van der Waals surface area contributed by atoms with E-state index in [1.165, 1.54) is 20.3 Å². The summed E-state index contributed by atoms with van der Waals surface area (Å²) in [7, 11) is 2.99. The fourth-order valence-corrected chi connectivity index (χ4v) is 2.99. The number of ether oxygens (including phenoxy) is 2. The predicted octanol–water partition coefficient (Wildman–Crippen LogP) is 2.59. The Morgan fingerprint density at radius 1 is 0.857 bits per heavy atom. The Morgan fingerprint density at radius 2 is 1.57 bits per heavy atom. The van der Waals surface area contributed by atoms with E-state index in [1.807, 2.05) is 0 Å². The van der Waals surface area contributed by atoms with E-state index in [-0.39, 0.29) is 23.0 Å². The van der Waals surface area contributed by atoms with Gasteiger partial charge in [-0.15, -0.1) is 0 Å². The molecule has 3 rings (SSSR count). The molecule has 2 aromatic rings. The number of aromatic hydroxyl groups is 3. The SMILES string of the molecule is COc1c(O)cc2c(c1OC)CCc1cc(O)cc(O)c1-2. The highest BCUT2D eigenvalue weighted by Crippen LogP contribution is 2.50. The van der Waals surface area contributed by atoms with Crippen LogP contribution in [0.4, 0.5) is 0 Å². The minimum atomic E-state index is -0.0478. The summed E-state index contributed by atoms with van der Waals surface area (Å²) >= 11 is 0. The van der Waals surface area contributed by atoms with Gasteiger partial charge in [-0.25, -0.2) is 0 Å². The van der Waals surface area contributed by atoms with Crippen molar-refractivity contribution in [1.82, 2.24) is 0 Å². The van der Waals surface area contributed by atoms with Crippen molar-refractivity contribution in [3.05, 3.63) is 29.3 Å². The molecule has 110 valence electrons. The fraction of sp³-hybridized carbons (Fsp3) is 0.250. The van der Waals surface area contributed by atoms with Gasteiger partial charge in [-0.1, -0.05) is 0 Å². The maximum Gasteiger partial charge on any atom is 0.203 e. The Morgan fingerprint density at radius 3 is 2.24 bits per heavy atom. The third kappa shape index (κ3) is 1.93. The summed E-state index contributed by atoms with van der Waals surface area (Å²) < 4.78 is 10.6. The summed E-state index contributed by atoms with van der Waals surface area (Å²) in [6, 6.07) is 4.49. The van der Waals surface area contributed by atoms with E-state index in [0.29, 0.717) is 29.7 Å². The molecule has 0 radical (unpaired) electrons. The van der Waals surface area contributed by atoms with Crippen LogP contribution in [0.15, 0.2) is 18.2 Å². The summed E-state index contributed by atoms with van der Waals surface area (Å²) in [6.07, 6.45) is 1.33. The van der Waals surface area contributed by atoms with Gasteiger partial charge in [0.15, 0.2) is 11.5 Å². The predicted molar refractivity (Wildman–Crippen MR) is 77.4 cm³/mol. The molecule has 0 amide bonds. The Kier molecular flexibility index (Phi) is 3.05. The molecule has 5 nitrogen and oxygen atoms in total. The van der Waals surface area contributed by atoms with Gasteiger partial charge >= 0.3 is 0 Å². The Hall–Kier alpha value is -2.56. The van der Waals surface area contributed by atoms with Crippen molar-refractivity contribution in [3.8, 4) is 39.9 Å². The summed E-state index contributed by atoms with van der Waals surface area (Å²) in [5.41, 5.74) is 3.03. The number of methoxy groups -OCH3 is 2. The van der Waals surface area contributed by atoms with Crippen molar-refractivity contribution in [3.63, 3.8) is 0 Å². The average Bonchev–Trinajstić information content (AvgIpc) is 2.44. The van der Waals surface area contributed by atoms with Crippen LogP contribution in [-0.4, -0.2) is 29.5 Å². The van der Waals surface area contributed by atoms with Crippen LogP contribution < -0.4 is 9.47 Å². The van der Waals surface area contributed by atoms with Gasteiger partial charge in [-0.2, -0.15) is 0 Å². The van der Waals surface area contributed by atoms with E-state index in [2.05, 4.69) is 0 Å². The minimum Gasteiger partial charge on any atom is -0.508 e. The zero-order valence-electron chi connectivity index (χ0n) is 11.8. The number of rotatable bonds is 2. The summed E-state index contributed by atoms with van der Waals surface area (Å²) in [6.45, 7) is 0. The van der Waals surface area contributed by atoms with Gasteiger partial charge in [-0.3, -0.25) is 0 Å². The molecule has 3 N–H and O–H groups in total. The van der Waals surface area contributed by atoms with Gasteiger partial charge in [0.05, 0.1) is 14.2 Å². The number of phenolic OH excluding ortho intramolecular Hbond substituents is 3. The van der Waals surface area contributed by atoms with Crippen molar-refractivity contribution in [2.24, 2.45) is 0 Å². The topological polar surface area (TPSA) is 79.2 Å². The van der Waals surface area contributed by atoms with Crippen LogP contribution in [0.25, 0.3) is 11.1 Å². The monoisotopic (exact) mass is 288 g/mol. The van der Waals surface area contributed by atoms with Crippen LogP contribution in [-0.2, 0) is 12.8 Å². The summed E-state index contributed by atoms with van der Waals surface area (Å²) in [5.74, 6) is 0.731. The molecule has 0 atom stereocenters. The number of hydrogen-bond donors (Lipinski definition) is 3. The first-order chi connectivity index (χ1) is 10.1. The molecule has 0 fully saturated rings. The molecule has 0 saturated carbocycles. The fourth-order valence-electron chi connectivity index (χ4n) is 2.99. The largest absolute Gasteiger partial charge is 0.508 e. The second kappa shape index (κ2) is 4.77. The molecule has 0 aliphatic heterocycles. The highest BCUT2D eigenvalue weighted by molar-refractivity contribution is 5.83. The van der Waals surface area contributed by atoms with Crippen LogP contribution in [0.5, 0.6) is 28.7 Å². The molecule has 2 aromatic carbocycles. The van der Waals surface area contributed by atoms with Gasteiger partial charge in [0.1, 0.15) is 11.5 Å². The van der Waals surface area contributed by atoms with E-state index in [1.54, 1.807) is 12.1 Å². The minimum absolute atomic E-state index is 0.0161. The van der Waals surface area contributed by atoms with Crippen molar-refractivity contribution in [2.75, 3.05) is 14.2 Å². The molecule has 21 heavy (non-hydrogen) atoms. The molecule has 0 bridgehead atoms. The lowest BCUT2D eigenvalue weighted by Crippen LogP contribution is -2.07. The highest BCUT2D eigenvalue weighted by atomic mass is 16.5. The van der Waals surface area contributed by atoms with Crippen LogP contribution in [0.2, 0.25) is 0 Å². The lowest BCUT2D eigenvalue weighted by Gasteiger charge is -2.24. The second-order valence-electron chi connectivity index (χ2n) is 4.99. The molecule has 1 aliphatic carbocycles. The van der Waals surface area contributed by atoms with Crippen molar-refractivity contribution in [2.45, 2.75) is 12.8 Å². The van der Waals surface area contributed by atoms with E-state index in [4.69, 9.17) is 9.47 Å². The second-order valence-corrected chi connectivity index (χ2v) is 4.99. The quantitative estimate of drug-likeness (QED) is 0.791. The number of aryl methyl sites for hydroxylation is 1. The Bertz CT molecular complexity index is 721. The lowest BCUT2D eigenvalue weighted by atomic mass is 9.84. The number of benzene rings is 2. The average molecular weight is 288 g/mol. The number of phenols is 3. The van der Waals surface area contributed by atoms with Crippen LogP contribution in [0.3, 0.4) is 0 Å². The van der Waals surface area contributed by atoms with Gasteiger partial charge in [0.2, 0.25) is 5.75 Å². The van der Waals surface area contributed by atoms with Gasteiger partial charge < -0.3 is 24.8 Å². The van der Waals surface area contributed by atoms with Crippen molar-refractivity contribution >= 4 is 0 Å². The standard InChI is InChI=1S/C16H16O5/c1-20-15-10-4-3-8-5-9(17)6-12(18)14(8)11(10)7-13(19)16(15)21-2/h5-7,17-19H,3-4H2,1-2H3. The maximum absolute atomic E-state index is 10.2. The van der Waals surface area contributed by atoms with Gasteiger partial charge in [0.25, 0.3) is 0 Å². The molecule has 0 aromatic heterocycles. The van der Waals surface area contributed by atoms with E-state index in [0.717, 1.165) is 11.1 Å². The molecular formula is C16H16O5. The summed E-state index contributed by atoms with van der Waals surface area (Å²) in [4.78, 5) is 0. The molecule has 1 aliphatic rings. The number of fused-ring (bicyclic) bond motifs is 3. The molecule has 0 saturated heterocycles. The molecular weight excluding hydrogens is 272 g/mol. The lowest BCUT2D eigenvalue weighted by molar-refractivity contribution is 0.330. The van der Waals surface area contributed by atoms with E-state index >= 15 is 0 Å². The molecule has 0 spiro atoms. The summed E-state index contributed by atoms with van der Waals surface area (Å²) in [5, 5.41) is 29.9. The highest BCUT2D eigenvalue weighted by Gasteiger charge is 2.27. The maximum atomic E-state index is 10.2. The zero-order chi connectivity index (χ0) is 15.1. The van der Waals surface area contributed by atoms with Crippen molar-refractivity contribution < 1.29 is 24.8 Å². The smallest absolute Gasteiger partial charge is 0.203 e. The van der Waals surface area contributed by atoms with E-state index in [9.17, 15) is 15.3 Å². The van der Waals surface area contributed by atoms with Gasteiger partial charge in [0, 0.05) is 17.2 Å². The number of hydrogen-bond acceptors (Lipinski definition) is 5. The van der Waals surface area contributed by atoms with Crippen LogP contribution in [0.1, 0.15) is 11.1 Å². The normalized spacial score (nSPS) is 12.5.